The summed E-state index contributed by atoms with van der Waals surface area (Å²) in [6, 6.07) is 1.61. The molecule has 11 nitrogen and oxygen atoms in total. The van der Waals surface area contributed by atoms with Gasteiger partial charge in [0.25, 0.3) is 17.7 Å². The van der Waals surface area contributed by atoms with Gasteiger partial charge in [-0.1, -0.05) is 0 Å². The Morgan fingerprint density at radius 2 is 1.86 bits per heavy atom. The number of carbonyl (C=O) groups excluding carboxylic acids is 2. The smallest absolute Gasteiger partial charge is 0.435 e. The molecule has 0 radical (unpaired) electrons. The molecule has 0 fully saturated rings. The lowest BCUT2D eigenvalue weighted by Gasteiger charge is -2.32. The minimum Gasteiger partial charge on any atom is -0.491 e. The average molecular weight is 493 g/mol. The van der Waals surface area contributed by atoms with Gasteiger partial charge in [-0.25, -0.2) is 4.98 Å². The summed E-state index contributed by atoms with van der Waals surface area (Å²) in [6.07, 6.45) is -1.51. The van der Waals surface area contributed by atoms with E-state index < -0.39 is 23.8 Å². The molecule has 0 spiro atoms. The maximum absolute atomic E-state index is 13.3. The monoisotopic (exact) mass is 493 g/mol. The number of carbonyl (C=O) groups is 2. The number of amides is 2. The molecule has 0 bridgehead atoms. The van der Waals surface area contributed by atoms with Gasteiger partial charge in [-0.3, -0.25) is 19.0 Å². The molecule has 14 heteroatoms. The normalized spacial score (nSPS) is 15.5. The van der Waals surface area contributed by atoms with Crippen molar-refractivity contribution in [1.29, 1.82) is 0 Å². The largest absolute Gasteiger partial charge is 0.491 e. The van der Waals surface area contributed by atoms with E-state index in [1.807, 2.05) is 0 Å². The number of hydrogen-bond acceptors (Lipinski definition) is 7. The van der Waals surface area contributed by atoms with E-state index in [9.17, 15) is 22.8 Å². The molecule has 1 aliphatic heterocycles. The van der Waals surface area contributed by atoms with Crippen LogP contribution in [0.15, 0.2) is 24.5 Å². The summed E-state index contributed by atoms with van der Waals surface area (Å²) < 4.78 is 51.7. The molecule has 0 aromatic carbocycles. The van der Waals surface area contributed by atoms with Gasteiger partial charge >= 0.3 is 6.18 Å². The Bertz CT molecular complexity index is 1280. The van der Waals surface area contributed by atoms with Crippen molar-refractivity contribution in [3.8, 4) is 11.6 Å². The topological polar surface area (TPSA) is 116 Å². The third kappa shape index (κ3) is 4.38. The number of hydrogen-bond donors (Lipinski definition) is 1. The van der Waals surface area contributed by atoms with Crippen LogP contribution in [0.25, 0.3) is 0 Å². The SMILES string of the molecule is COc1cc(C(=O)N2CCC(NC(=O)c3cc(C(F)(F)F)nn3C)c3c2cnn3C)cnc1OC. The number of alkyl halides is 3. The summed E-state index contributed by atoms with van der Waals surface area (Å²) in [6.45, 7) is 0.218. The minimum atomic E-state index is -4.67. The molecule has 1 N–H and O–H groups in total. The van der Waals surface area contributed by atoms with E-state index in [0.717, 1.165) is 4.68 Å². The highest BCUT2D eigenvalue weighted by Crippen LogP contribution is 2.35. The van der Waals surface area contributed by atoms with Crippen LogP contribution in [-0.4, -0.2) is 57.1 Å². The van der Waals surface area contributed by atoms with Crippen LogP contribution < -0.4 is 19.7 Å². The summed E-state index contributed by atoms with van der Waals surface area (Å²) >= 11 is 0. The molecule has 4 heterocycles. The second-order valence-electron chi connectivity index (χ2n) is 7.78. The lowest BCUT2D eigenvalue weighted by Crippen LogP contribution is -2.41. The van der Waals surface area contributed by atoms with Crippen molar-refractivity contribution in [1.82, 2.24) is 29.9 Å². The zero-order chi connectivity index (χ0) is 25.5. The van der Waals surface area contributed by atoms with Crippen molar-refractivity contribution >= 4 is 17.5 Å². The van der Waals surface area contributed by atoms with E-state index in [1.54, 1.807) is 7.05 Å². The van der Waals surface area contributed by atoms with Gasteiger partial charge in [0.05, 0.1) is 43.4 Å². The Hall–Kier alpha value is -4.10. The van der Waals surface area contributed by atoms with Crippen LogP contribution in [-0.2, 0) is 20.3 Å². The highest BCUT2D eigenvalue weighted by Gasteiger charge is 2.37. The van der Waals surface area contributed by atoms with Gasteiger partial charge in [-0.2, -0.15) is 23.4 Å². The highest BCUT2D eigenvalue weighted by atomic mass is 19.4. The average Bonchev–Trinajstić information content (AvgIpc) is 3.41. The predicted octanol–water partition coefficient (Wildman–Crippen LogP) is 2.11. The van der Waals surface area contributed by atoms with Crippen LogP contribution in [0.1, 0.15) is 44.7 Å². The second-order valence-corrected chi connectivity index (χ2v) is 7.78. The predicted molar refractivity (Wildman–Crippen MR) is 115 cm³/mol. The lowest BCUT2D eigenvalue weighted by atomic mass is 10.0. The molecule has 0 saturated heterocycles. The van der Waals surface area contributed by atoms with Crippen LogP contribution in [0.2, 0.25) is 0 Å². The van der Waals surface area contributed by atoms with E-state index in [4.69, 9.17) is 9.47 Å². The van der Waals surface area contributed by atoms with Gasteiger partial charge < -0.3 is 19.7 Å². The van der Waals surface area contributed by atoms with Crippen LogP contribution in [0.4, 0.5) is 18.9 Å². The van der Waals surface area contributed by atoms with Crippen molar-refractivity contribution < 1.29 is 32.2 Å². The molecule has 3 aromatic heterocycles. The van der Waals surface area contributed by atoms with Crippen LogP contribution in [0, 0.1) is 0 Å². The first-order chi connectivity index (χ1) is 16.5. The minimum absolute atomic E-state index is 0.218. The first-order valence-corrected chi connectivity index (χ1v) is 10.4. The van der Waals surface area contributed by atoms with Gasteiger partial charge in [-0.05, 0) is 6.42 Å². The Kier molecular flexibility index (Phi) is 6.13. The molecule has 0 aliphatic carbocycles. The van der Waals surface area contributed by atoms with Crippen molar-refractivity contribution in [3.63, 3.8) is 0 Å². The number of fused-ring (bicyclic) bond motifs is 1. The molecule has 0 saturated carbocycles. The Labute approximate surface area is 197 Å². The lowest BCUT2D eigenvalue weighted by molar-refractivity contribution is -0.141. The van der Waals surface area contributed by atoms with Gasteiger partial charge in [0.2, 0.25) is 0 Å². The summed E-state index contributed by atoms with van der Waals surface area (Å²) in [4.78, 5) is 31.7. The van der Waals surface area contributed by atoms with Crippen molar-refractivity contribution in [3.05, 3.63) is 47.2 Å². The molecule has 2 amide bonds. The van der Waals surface area contributed by atoms with Crippen LogP contribution in [0.5, 0.6) is 11.6 Å². The Morgan fingerprint density at radius 1 is 1.11 bits per heavy atom. The number of pyridine rings is 1. The zero-order valence-corrected chi connectivity index (χ0v) is 19.3. The summed E-state index contributed by atoms with van der Waals surface area (Å²) in [5, 5.41) is 10.3. The standard InChI is InChI=1S/C21H22F3N7O4/c1-29-13(8-16(28-29)21(22,23)24)18(32)27-12-5-6-31(14-10-26-30(2)17(12)14)20(33)11-7-15(34-3)19(35-4)25-9-11/h7-10,12H,5-6H2,1-4H3,(H,27,32). The number of methoxy groups -OCH3 is 2. The Balaban J connectivity index is 1.59. The van der Waals surface area contributed by atoms with Crippen LogP contribution in [0.3, 0.4) is 0 Å². The number of nitrogens with zero attached hydrogens (tertiary/aromatic N) is 6. The number of halogens is 3. The zero-order valence-electron chi connectivity index (χ0n) is 19.3. The van der Waals surface area contributed by atoms with Crippen molar-refractivity contribution in [2.75, 3.05) is 25.7 Å². The van der Waals surface area contributed by atoms with E-state index in [2.05, 4.69) is 20.5 Å². The quantitative estimate of drug-likeness (QED) is 0.579. The third-order valence-electron chi connectivity index (χ3n) is 5.66. The number of nitrogens with one attached hydrogen (secondary N) is 1. The number of anilines is 1. The molecular formula is C21H22F3N7O4. The first-order valence-electron chi connectivity index (χ1n) is 10.4. The van der Waals surface area contributed by atoms with E-state index in [-0.39, 0.29) is 29.6 Å². The highest BCUT2D eigenvalue weighted by molar-refractivity contribution is 6.07. The van der Waals surface area contributed by atoms with Crippen LogP contribution >= 0.6 is 0 Å². The molecular weight excluding hydrogens is 471 g/mol. The fourth-order valence-corrected chi connectivity index (χ4v) is 3.97. The van der Waals surface area contributed by atoms with E-state index >= 15 is 0 Å². The maximum Gasteiger partial charge on any atom is 0.435 e. The summed E-state index contributed by atoms with van der Waals surface area (Å²) in [5.41, 5.74) is -0.143. The van der Waals surface area contributed by atoms with E-state index in [1.165, 1.54) is 49.3 Å². The number of aromatic nitrogens is 5. The third-order valence-corrected chi connectivity index (χ3v) is 5.66. The fraction of sp³-hybridized carbons (Fsp3) is 0.381. The van der Waals surface area contributed by atoms with Gasteiger partial charge in [0, 0.05) is 39.0 Å². The number of aryl methyl sites for hydroxylation is 2. The maximum atomic E-state index is 13.3. The second kappa shape index (κ2) is 8.92. The molecule has 4 rings (SSSR count). The number of ether oxygens (including phenoxy) is 2. The van der Waals surface area contributed by atoms with Gasteiger partial charge in [-0.15, -0.1) is 0 Å². The molecule has 3 aromatic rings. The van der Waals surface area contributed by atoms with E-state index in [0.29, 0.717) is 29.6 Å². The van der Waals surface area contributed by atoms with Gasteiger partial charge in [0.1, 0.15) is 5.69 Å². The summed E-state index contributed by atoms with van der Waals surface area (Å²) in [5.74, 6) is -0.562. The van der Waals surface area contributed by atoms with Crippen molar-refractivity contribution in [2.24, 2.45) is 14.1 Å². The number of rotatable bonds is 5. The summed E-state index contributed by atoms with van der Waals surface area (Å²) in [7, 11) is 5.78. The van der Waals surface area contributed by atoms with Gasteiger partial charge in [0.15, 0.2) is 11.4 Å². The molecule has 1 unspecified atom stereocenters. The molecule has 1 aliphatic rings. The first kappa shape index (κ1) is 24.0. The molecule has 186 valence electrons. The Morgan fingerprint density at radius 3 is 2.49 bits per heavy atom. The fourth-order valence-electron chi connectivity index (χ4n) is 3.97. The molecule has 35 heavy (non-hydrogen) atoms. The molecule has 1 atom stereocenters. The van der Waals surface area contributed by atoms with Crippen molar-refractivity contribution in [2.45, 2.75) is 18.6 Å².